The van der Waals surface area contributed by atoms with E-state index in [2.05, 4.69) is 15.2 Å². The van der Waals surface area contributed by atoms with Gasteiger partial charge in [-0.1, -0.05) is 11.3 Å². The second kappa shape index (κ2) is 6.55. The molecule has 1 saturated heterocycles. The fraction of sp³-hybridized carbons (Fsp3) is 0.643. The molecule has 0 aromatic carbocycles. The second-order valence-corrected chi connectivity index (χ2v) is 8.01. The molecule has 2 amide bonds. The van der Waals surface area contributed by atoms with Crippen LogP contribution in [0.2, 0.25) is 0 Å². The topological polar surface area (TPSA) is 88.3 Å². The number of nitrogens with two attached hydrogens (primary N) is 1. The van der Waals surface area contributed by atoms with Crippen molar-refractivity contribution in [3.8, 4) is 0 Å². The highest BCUT2D eigenvalue weighted by Crippen LogP contribution is 2.35. The Morgan fingerprint density at radius 3 is 2.91 bits per heavy atom. The van der Waals surface area contributed by atoms with E-state index in [4.69, 9.17) is 5.73 Å². The molecule has 1 aliphatic carbocycles. The molecule has 6 nitrogen and oxygen atoms in total. The van der Waals surface area contributed by atoms with Gasteiger partial charge in [0.2, 0.25) is 11.8 Å². The number of hydrogen-bond donors (Lipinski definition) is 2. The standard InChI is InChI=1S/C14H20N4O2S2/c1-8-13(21-7-11(15)19)22-14(16-8)17-12(20)10-3-2-6-18(10)9-4-5-9/h9-10H,2-7H2,1H3,(H2,15,19)(H,16,17,20). The van der Waals surface area contributed by atoms with Gasteiger partial charge in [0.1, 0.15) is 0 Å². The normalized spacial score (nSPS) is 22.0. The van der Waals surface area contributed by atoms with Gasteiger partial charge >= 0.3 is 0 Å². The van der Waals surface area contributed by atoms with Gasteiger partial charge < -0.3 is 11.1 Å². The number of likely N-dealkylation sites (tertiary alicyclic amines) is 1. The van der Waals surface area contributed by atoms with Crippen molar-refractivity contribution < 1.29 is 9.59 Å². The summed E-state index contributed by atoms with van der Waals surface area (Å²) >= 11 is 2.78. The Bertz CT molecular complexity index is 585. The van der Waals surface area contributed by atoms with E-state index in [9.17, 15) is 9.59 Å². The van der Waals surface area contributed by atoms with Gasteiger partial charge in [-0.3, -0.25) is 14.5 Å². The number of thiazole rings is 1. The summed E-state index contributed by atoms with van der Waals surface area (Å²) in [6, 6.07) is 0.594. The van der Waals surface area contributed by atoms with Crippen molar-refractivity contribution in [1.29, 1.82) is 0 Å². The van der Waals surface area contributed by atoms with Crippen molar-refractivity contribution >= 4 is 40.0 Å². The molecule has 1 saturated carbocycles. The maximum atomic E-state index is 12.5. The van der Waals surface area contributed by atoms with Gasteiger partial charge in [-0.2, -0.15) is 0 Å². The van der Waals surface area contributed by atoms with E-state index < -0.39 is 0 Å². The zero-order chi connectivity index (χ0) is 15.7. The van der Waals surface area contributed by atoms with Crippen molar-refractivity contribution in [3.63, 3.8) is 0 Å². The Kier molecular flexibility index (Phi) is 4.70. The van der Waals surface area contributed by atoms with Crippen LogP contribution in [0.1, 0.15) is 31.4 Å². The van der Waals surface area contributed by atoms with Gasteiger partial charge in [-0.05, 0) is 39.2 Å². The van der Waals surface area contributed by atoms with Crippen LogP contribution in [0, 0.1) is 6.92 Å². The van der Waals surface area contributed by atoms with Gasteiger partial charge in [-0.25, -0.2) is 4.98 Å². The Labute approximate surface area is 137 Å². The predicted molar refractivity (Wildman–Crippen MR) is 88.1 cm³/mol. The van der Waals surface area contributed by atoms with Crippen LogP contribution in [0.3, 0.4) is 0 Å². The number of rotatable bonds is 6. The number of aromatic nitrogens is 1. The first-order valence-electron chi connectivity index (χ1n) is 7.49. The highest BCUT2D eigenvalue weighted by molar-refractivity contribution is 8.01. The average molecular weight is 340 g/mol. The second-order valence-electron chi connectivity index (χ2n) is 5.76. The summed E-state index contributed by atoms with van der Waals surface area (Å²) < 4.78 is 0.930. The van der Waals surface area contributed by atoms with Gasteiger partial charge in [0, 0.05) is 6.04 Å². The SMILES string of the molecule is Cc1nc(NC(=O)C2CCCN2C2CC2)sc1SCC(N)=O. The summed E-state index contributed by atoms with van der Waals surface area (Å²) in [4.78, 5) is 30.0. The molecule has 1 aliphatic heterocycles. The van der Waals surface area contributed by atoms with E-state index in [1.54, 1.807) is 0 Å². The highest BCUT2D eigenvalue weighted by Gasteiger charge is 2.40. The molecule has 22 heavy (non-hydrogen) atoms. The van der Waals surface area contributed by atoms with Crippen LogP contribution < -0.4 is 11.1 Å². The van der Waals surface area contributed by atoms with Crippen LogP contribution in [-0.2, 0) is 9.59 Å². The molecule has 1 unspecified atom stereocenters. The lowest BCUT2D eigenvalue weighted by molar-refractivity contribution is -0.120. The van der Waals surface area contributed by atoms with E-state index in [-0.39, 0.29) is 23.6 Å². The highest BCUT2D eigenvalue weighted by atomic mass is 32.2. The smallest absolute Gasteiger partial charge is 0.243 e. The van der Waals surface area contributed by atoms with Crippen molar-refractivity contribution in [3.05, 3.63) is 5.69 Å². The summed E-state index contributed by atoms with van der Waals surface area (Å²) in [5.74, 6) is -0.0758. The Balaban J connectivity index is 1.61. The largest absolute Gasteiger partial charge is 0.369 e. The third kappa shape index (κ3) is 3.61. The van der Waals surface area contributed by atoms with Crippen LogP contribution >= 0.6 is 23.1 Å². The van der Waals surface area contributed by atoms with Crippen molar-refractivity contribution in [2.24, 2.45) is 5.73 Å². The monoisotopic (exact) mass is 340 g/mol. The molecule has 2 aliphatic rings. The molecule has 2 fully saturated rings. The summed E-state index contributed by atoms with van der Waals surface area (Å²) in [5.41, 5.74) is 5.99. The molecule has 1 aromatic heterocycles. The minimum absolute atomic E-state index is 0.0153. The number of primary amides is 1. The molecule has 1 atom stereocenters. The van der Waals surface area contributed by atoms with Crippen LogP contribution in [0.4, 0.5) is 5.13 Å². The predicted octanol–water partition coefficient (Wildman–Crippen LogP) is 1.59. The van der Waals surface area contributed by atoms with E-state index in [1.807, 2.05) is 6.92 Å². The minimum Gasteiger partial charge on any atom is -0.369 e. The number of nitrogens with one attached hydrogen (secondary N) is 1. The number of carbonyl (C=O) groups excluding carboxylic acids is 2. The summed E-state index contributed by atoms with van der Waals surface area (Å²) in [5, 5.41) is 3.55. The number of nitrogens with zero attached hydrogens (tertiary/aromatic N) is 2. The molecule has 0 bridgehead atoms. The fourth-order valence-electron chi connectivity index (χ4n) is 2.81. The maximum Gasteiger partial charge on any atom is 0.243 e. The lowest BCUT2D eigenvalue weighted by atomic mass is 10.2. The first-order valence-corrected chi connectivity index (χ1v) is 9.30. The zero-order valence-electron chi connectivity index (χ0n) is 12.5. The zero-order valence-corrected chi connectivity index (χ0v) is 14.1. The molecule has 2 heterocycles. The number of hydrogen-bond acceptors (Lipinski definition) is 6. The Hall–Kier alpha value is -1.12. The lowest BCUT2D eigenvalue weighted by Crippen LogP contribution is -2.40. The van der Waals surface area contributed by atoms with Crippen LogP contribution in [0.5, 0.6) is 0 Å². The fourth-order valence-corrected chi connectivity index (χ4v) is 4.69. The molecule has 120 valence electrons. The third-order valence-electron chi connectivity index (χ3n) is 3.94. The van der Waals surface area contributed by atoms with E-state index in [0.29, 0.717) is 11.2 Å². The lowest BCUT2D eigenvalue weighted by Gasteiger charge is -2.22. The third-order valence-corrected chi connectivity index (χ3v) is 6.40. The van der Waals surface area contributed by atoms with E-state index in [0.717, 1.165) is 29.3 Å². The van der Waals surface area contributed by atoms with E-state index in [1.165, 1.54) is 35.9 Å². The number of thioether (sulfide) groups is 1. The van der Waals surface area contributed by atoms with Crippen molar-refractivity contribution in [1.82, 2.24) is 9.88 Å². The average Bonchev–Trinajstić information content (AvgIpc) is 3.07. The summed E-state index contributed by atoms with van der Waals surface area (Å²) in [6.45, 7) is 2.90. The van der Waals surface area contributed by atoms with Gasteiger partial charge in [-0.15, -0.1) is 11.8 Å². The minimum atomic E-state index is -0.352. The van der Waals surface area contributed by atoms with Gasteiger partial charge in [0.15, 0.2) is 5.13 Å². The quantitative estimate of drug-likeness (QED) is 0.768. The molecular weight excluding hydrogens is 320 g/mol. The Morgan fingerprint density at radius 1 is 1.45 bits per heavy atom. The maximum absolute atomic E-state index is 12.5. The van der Waals surface area contributed by atoms with Gasteiger partial charge in [0.05, 0.1) is 21.7 Å². The van der Waals surface area contributed by atoms with Crippen molar-refractivity contribution in [2.45, 2.75) is 48.9 Å². The molecule has 1 aromatic rings. The first kappa shape index (κ1) is 15.8. The molecule has 3 N–H and O–H groups in total. The molecular formula is C14H20N4O2S2. The van der Waals surface area contributed by atoms with Gasteiger partial charge in [0.25, 0.3) is 0 Å². The first-order chi connectivity index (χ1) is 10.5. The number of carbonyl (C=O) groups is 2. The number of aryl methyl sites for hydroxylation is 1. The Morgan fingerprint density at radius 2 is 2.23 bits per heavy atom. The molecule has 0 radical (unpaired) electrons. The van der Waals surface area contributed by atoms with Crippen LogP contribution in [0.25, 0.3) is 0 Å². The van der Waals surface area contributed by atoms with Crippen LogP contribution in [-0.4, -0.2) is 46.1 Å². The summed E-state index contributed by atoms with van der Waals surface area (Å²) in [7, 11) is 0. The van der Waals surface area contributed by atoms with E-state index >= 15 is 0 Å². The molecule has 0 spiro atoms. The number of anilines is 1. The van der Waals surface area contributed by atoms with Crippen LogP contribution in [0.15, 0.2) is 4.21 Å². The number of amides is 2. The molecule has 3 rings (SSSR count). The molecule has 8 heteroatoms. The summed E-state index contributed by atoms with van der Waals surface area (Å²) in [6.07, 6.45) is 4.45. The van der Waals surface area contributed by atoms with Crippen molar-refractivity contribution in [2.75, 3.05) is 17.6 Å².